The Labute approximate surface area is 89.8 Å². The van der Waals surface area contributed by atoms with Crippen LogP contribution in [-0.4, -0.2) is 16.9 Å². The minimum absolute atomic E-state index is 0.293. The second-order valence-corrected chi connectivity index (χ2v) is 4.25. The van der Waals surface area contributed by atoms with Crippen molar-refractivity contribution in [1.82, 2.24) is 4.98 Å². The smallest absolute Gasteiger partial charge is 0.302 e. The molecule has 0 aliphatic carbocycles. The third kappa shape index (κ3) is 1.89. The molecule has 82 valence electrons. The van der Waals surface area contributed by atoms with Crippen molar-refractivity contribution in [2.24, 2.45) is 5.92 Å². The van der Waals surface area contributed by atoms with Crippen LogP contribution < -0.4 is 4.90 Å². The van der Waals surface area contributed by atoms with Crippen molar-refractivity contribution in [2.45, 2.75) is 39.2 Å². The minimum Gasteiger partial charge on any atom is -0.432 e. The number of nitrogens with one attached hydrogen (secondary N) is 1. The van der Waals surface area contributed by atoms with E-state index in [1.807, 2.05) is 4.90 Å². The molecule has 1 aliphatic heterocycles. The van der Waals surface area contributed by atoms with Crippen LogP contribution in [0.5, 0.6) is 0 Å². The van der Waals surface area contributed by atoms with Gasteiger partial charge in [-0.2, -0.15) is 0 Å². The first-order valence-corrected chi connectivity index (χ1v) is 5.47. The van der Waals surface area contributed by atoms with Crippen LogP contribution in [0, 0.1) is 11.3 Å². The maximum Gasteiger partial charge on any atom is 0.302 e. The second-order valence-electron chi connectivity index (χ2n) is 4.25. The van der Waals surface area contributed by atoms with Crippen molar-refractivity contribution in [3.63, 3.8) is 0 Å². The van der Waals surface area contributed by atoms with Gasteiger partial charge in [-0.15, -0.1) is 0 Å². The van der Waals surface area contributed by atoms with E-state index in [0.29, 0.717) is 23.8 Å². The molecule has 4 heteroatoms. The Hall–Kier alpha value is -1.32. The van der Waals surface area contributed by atoms with Gasteiger partial charge in [-0.25, -0.2) is 4.98 Å². The third-order valence-corrected chi connectivity index (χ3v) is 3.05. The highest BCUT2D eigenvalue weighted by Crippen LogP contribution is 2.26. The summed E-state index contributed by atoms with van der Waals surface area (Å²) in [6, 6.07) is 0.863. The molecular weight excluding hydrogens is 190 g/mol. The molecule has 2 unspecified atom stereocenters. The molecule has 15 heavy (non-hydrogen) atoms. The summed E-state index contributed by atoms with van der Waals surface area (Å²) in [6.07, 6.45) is 6.53. The predicted molar refractivity (Wildman–Crippen MR) is 59.2 cm³/mol. The summed E-state index contributed by atoms with van der Waals surface area (Å²) in [7, 11) is 0. The molecule has 4 nitrogen and oxygen atoms in total. The summed E-state index contributed by atoms with van der Waals surface area (Å²) in [5, 5.41) is 8.12. The molecule has 1 aromatic rings. The van der Waals surface area contributed by atoms with Crippen molar-refractivity contribution in [3.8, 4) is 0 Å². The van der Waals surface area contributed by atoms with Gasteiger partial charge in [0.25, 0.3) is 0 Å². The zero-order chi connectivity index (χ0) is 10.8. The van der Waals surface area contributed by atoms with Crippen molar-refractivity contribution >= 4 is 11.9 Å². The first-order valence-electron chi connectivity index (χ1n) is 5.47. The topological polar surface area (TPSA) is 53.1 Å². The number of hydrogen-bond donors (Lipinski definition) is 1. The fraction of sp³-hybridized carbons (Fsp3) is 0.636. The lowest BCUT2D eigenvalue weighted by atomic mass is 10.0. The van der Waals surface area contributed by atoms with Crippen LogP contribution in [0.15, 0.2) is 16.9 Å². The highest BCUT2D eigenvalue weighted by atomic mass is 16.4. The Morgan fingerprint density at radius 1 is 1.47 bits per heavy atom. The normalized spacial score (nSPS) is 27.9. The van der Waals surface area contributed by atoms with Gasteiger partial charge in [0.1, 0.15) is 12.1 Å². The molecule has 1 aromatic heterocycles. The van der Waals surface area contributed by atoms with Crippen molar-refractivity contribution in [3.05, 3.63) is 12.5 Å². The van der Waals surface area contributed by atoms with Crippen molar-refractivity contribution < 1.29 is 4.42 Å². The van der Waals surface area contributed by atoms with Gasteiger partial charge in [0, 0.05) is 12.0 Å². The maximum atomic E-state index is 8.12. The molecule has 0 amide bonds. The highest BCUT2D eigenvalue weighted by molar-refractivity contribution is 5.95. The Balaban J connectivity index is 2.29. The molecule has 2 heterocycles. The number of nitrogens with zero attached hydrogens (tertiary/aromatic N) is 2. The van der Waals surface area contributed by atoms with Crippen LogP contribution in [-0.2, 0) is 0 Å². The number of rotatable bonds is 1. The number of oxazole rings is 1. The van der Waals surface area contributed by atoms with Gasteiger partial charge in [-0.05, 0) is 19.8 Å². The monoisotopic (exact) mass is 207 g/mol. The predicted octanol–water partition coefficient (Wildman–Crippen LogP) is 2.67. The zero-order valence-electron chi connectivity index (χ0n) is 9.23. The molecule has 0 saturated carbocycles. The van der Waals surface area contributed by atoms with E-state index in [1.54, 1.807) is 12.5 Å². The van der Waals surface area contributed by atoms with Crippen LogP contribution >= 0.6 is 0 Å². The summed E-state index contributed by atoms with van der Waals surface area (Å²) in [6.45, 7) is 4.22. The van der Waals surface area contributed by atoms with E-state index in [4.69, 9.17) is 9.83 Å². The van der Waals surface area contributed by atoms with Gasteiger partial charge in [-0.3, -0.25) is 10.3 Å². The van der Waals surface area contributed by atoms with E-state index in [-0.39, 0.29) is 0 Å². The van der Waals surface area contributed by atoms with E-state index in [0.717, 1.165) is 12.8 Å². The Morgan fingerprint density at radius 3 is 2.93 bits per heavy atom. The minimum atomic E-state index is 0.293. The zero-order valence-corrected chi connectivity index (χ0v) is 9.23. The van der Waals surface area contributed by atoms with E-state index in [2.05, 4.69) is 18.8 Å². The SMILES string of the molecule is CC1CCCC(C)N(c2ncco2)C1=N. The largest absolute Gasteiger partial charge is 0.432 e. The Morgan fingerprint density at radius 2 is 2.27 bits per heavy atom. The van der Waals surface area contributed by atoms with Crippen molar-refractivity contribution in [1.29, 1.82) is 5.41 Å². The molecule has 1 fully saturated rings. The highest BCUT2D eigenvalue weighted by Gasteiger charge is 2.28. The van der Waals surface area contributed by atoms with E-state index in [9.17, 15) is 0 Å². The van der Waals surface area contributed by atoms with Gasteiger partial charge in [-0.1, -0.05) is 13.3 Å². The first-order chi connectivity index (χ1) is 7.20. The summed E-state index contributed by atoms with van der Waals surface area (Å²) in [5.74, 6) is 0.921. The van der Waals surface area contributed by atoms with Gasteiger partial charge < -0.3 is 4.42 Å². The van der Waals surface area contributed by atoms with Crippen LogP contribution in [0.4, 0.5) is 6.01 Å². The molecule has 0 radical (unpaired) electrons. The molecule has 0 bridgehead atoms. The fourth-order valence-electron chi connectivity index (χ4n) is 2.09. The van der Waals surface area contributed by atoms with E-state index in [1.165, 1.54) is 6.42 Å². The Kier molecular flexibility index (Phi) is 2.75. The second kappa shape index (κ2) is 4.04. The van der Waals surface area contributed by atoms with Gasteiger partial charge >= 0.3 is 6.01 Å². The molecule has 1 aliphatic rings. The Bertz CT molecular complexity index is 334. The van der Waals surface area contributed by atoms with Crippen LogP contribution in [0.3, 0.4) is 0 Å². The average Bonchev–Trinajstić information content (AvgIpc) is 2.67. The number of aromatic nitrogens is 1. The molecule has 2 rings (SSSR count). The number of hydrogen-bond acceptors (Lipinski definition) is 3. The molecule has 0 spiro atoms. The lowest BCUT2D eigenvalue weighted by Gasteiger charge is -2.27. The average molecular weight is 207 g/mol. The van der Waals surface area contributed by atoms with Crippen molar-refractivity contribution in [2.75, 3.05) is 4.90 Å². The maximum absolute atomic E-state index is 8.12. The quantitative estimate of drug-likeness (QED) is 0.770. The molecular formula is C11H17N3O. The van der Waals surface area contributed by atoms with E-state index < -0.39 is 0 Å². The summed E-state index contributed by atoms with van der Waals surface area (Å²) in [5.41, 5.74) is 0. The van der Waals surface area contributed by atoms with Crippen LogP contribution in [0.25, 0.3) is 0 Å². The number of anilines is 1. The molecule has 1 N–H and O–H groups in total. The third-order valence-electron chi connectivity index (χ3n) is 3.05. The van der Waals surface area contributed by atoms with Gasteiger partial charge in [0.15, 0.2) is 0 Å². The number of amidine groups is 1. The summed E-state index contributed by atoms with van der Waals surface area (Å²) < 4.78 is 5.29. The van der Waals surface area contributed by atoms with Gasteiger partial charge in [0.2, 0.25) is 0 Å². The molecule has 1 saturated heterocycles. The molecule has 0 aromatic carbocycles. The molecule has 2 atom stereocenters. The van der Waals surface area contributed by atoms with Gasteiger partial charge in [0.05, 0.1) is 6.20 Å². The lowest BCUT2D eigenvalue weighted by molar-refractivity contribution is 0.526. The standard InChI is InChI=1S/C11H17N3O/c1-8-4-3-5-9(2)14(10(8)12)11-13-6-7-15-11/h6-9,12H,3-5H2,1-2H3. The van der Waals surface area contributed by atoms with Crippen LogP contribution in [0.2, 0.25) is 0 Å². The van der Waals surface area contributed by atoms with E-state index >= 15 is 0 Å². The lowest BCUT2D eigenvalue weighted by Crippen LogP contribution is -2.39. The summed E-state index contributed by atoms with van der Waals surface area (Å²) in [4.78, 5) is 6.05. The summed E-state index contributed by atoms with van der Waals surface area (Å²) >= 11 is 0. The first kappa shape index (κ1) is 10.2. The fourth-order valence-corrected chi connectivity index (χ4v) is 2.09. The van der Waals surface area contributed by atoms with Crippen LogP contribution in [0.1, 0.15) is 33.1 Å².